The molecule has 90 valence electrons. The van der Waals surface area contributed by atoms with Crippen LogP contribution in [0, 0.1) is 6.92 Å². The molecule has 1 aromatic heterocycles. The standard InChI is InChI=1S/C11H11N3O2.ClH/c1-7-2-4-8(5-3-7)10-13-6-9(11(15)16)14(10)12;/h2-6H,12H2,1H3,(H,15,16);1H. The summed E-state index contributed by atoms with van der Waals surface area (Å²) in [4.78, 5) is 14.8. The first-order valence-corrected chi connectivity index (χ1v) is 4.72. The fourth-order valence-electron chi connectivity index (χ4n) is 1.44. The molecule has 0 fully saturated rings. The van der Waals surface area contributed by atoms with Crippen LogP contribution in [0.4, 0.5) is 0 Å². The van der Waals surface area contributed by atoms with Gasteiger partial charge in [-0.1, -0.05) is 29.8 Å². The maximum Gasteiger partial charge on any atom is 0.356 e. The highest BCUT2D eigenvalue weighted by molar-refractivity contribution is 5.86. The lowest BCUT2D eigenvalue weighted by atomic mass is 10.1. The number of benzene rings is 1. The summed E-state index contributed by atoms with van der Waals surface area (Å²) in [7, 11) is 0. The number of nitrogens with zero attached hydrogens (tertiary/aromatic N) is 2. The van der Waals surface area contributed by atoms with Crippen molar-refractivity contribution in [3.8, 4) is 11.4 Å². The molecule has 0 aliphatic rings. The van der Waals surface area contributed by atoms with Crippen molar-refractivity contribution in [1.29, 1.82) is 0 Å². The van der Waals surface area contributed by atoms with Gasteiger partial charge in [-0.2, -0.15) is 0 Å². The normalized spacial score (nSPS) is 9.71. The Hall–Kier alpha value is -2.01. The van der Waals surface area contributed by atoms with Gasteiger partial charge in [-0.25, -0.2) is 14.5 Å². The number of aromatic carboxylic acids is 1. The Labute approximate surface area is 104 Å². The van der Waals surface area contributed by atoms with Crippen molar-refractivity contribution in [3.63, 3.8) is 0 Å². The number of hydrogen-bond acceptors (Lipinski definition) is 3. The SMILES string of the molecule is Cc1ccc(-c2ncc(C(=O)O)n2N)cc1.Cl. The number of halogens is 1. The molecule has 0 bridgehead atoms. The molecule has 1 aromatic carbocycles. The van der Waals surface area contributed by atoms with Crippen LogP contribution in [-0.4, -0.2) is 20.7 Å². The molecule has 5 nitrogen and oxygen atoms in total. The molecule has 0 saturated carbocycles. The quantitative estimate of drug-likeness (QED) is 0.798. The van der Waals surface area contributed by atoms with Gasteiger partial charge >= 0.3 is 5.97 Å². The third kappa shape index (κ3) is 2.39. The van der Waals surface area contributed by atoms with Crippen LogP contribution in [0.2, 0.25) is 0 Å². The van der Waals surface area contributed by atoms with Crippen LogP contribution in [-0.2, 0) is 0 Å². The first-order valence-electron chi connectivity index (χ1n) is 4.72. The van der Waals surface area contributed by atoms with Gasteiger partial charge in [-0.15, -0.1) is 12.4 Å². The summed E-state index contributed by atoms with van der Waals surface area (Å²) in [6.07, 6.45) is 1.25. The minimum absolute atomic E-state index is 0. The van der Waals surface area contributed by atoms with E-state index < -0.39 is 5.97 Å². The van der Waals surface area contributed by atoms with E-state index >= 15 is 0 Å². The Balaban J connectivity index is 0.00000144. The number of carbonyl (C=O) groups is 1. The van der Waals surface area contributed by atoms with Gasteiger partial charge in [0.25, 0.3) is 0 Å². The molecule has 17 heavy (non-hydrogen) atoms. The average molecular weight is 254 g/mol. The number of nitrogen functional groups attached to an aromatic ring is 1. The summed E-state index contributed by atoms with van der Waals surface area (Å²) in [6, 6.07) is 7.55. The number of rotatable bonds is 2. The van der Waals surface area contributed by atoms with Gasteiger partial charge in [0.2, 0.25) is 0 Å². The number of aryl methyl sites for hydroxylation is 1. The van der Waals surface area contributed by atoms with Crippen molar-refractivity contribution < 1.29 is 9.90 Å². The smallest absolute Gasteiger partial charge is 0.356 e. The van der Waals surface area contributed by atoms with Crippen molar-refractivity contribution in [2.45, 2.75) is 6.92 Å². The van der Waals surface area contributed by atoms with Crippen LogP contribution in [0.3, 0.4) is 0 Å². The van der Waals surface area contributed by atoms with Crippen molar-refractivity contribution in [2.24, 2.45) is 0 Å². The molecular formula is C11H12ClN3O2. The minimum atomic E-state index is -1.09. The van der Waals surface area contributed by atoms with Gasteiger partial charge < -0.3 is 10.9 Å². The Kier molecular flexibility index (Phi) is 3.75. The summed E-state index contributed by atoms with van der Waals surface area (Å²) < 4.78 is 1.08. The molecule has 0 radical (unpaired) electrons. The summed E-state index contributed by atoms with van der Waals surface area (Å²) in [5, 5.41) is 8.83. The van der Waals surface area contributed by atoms with E-state index in [1.807, 2.05) is 31.2 Å². The lowest BCUT2D eigenvalue weighted by Gasteiger charge is -2.03. The van der Waals surface area contributed by atoms with E-state index in [-0.39, 0.29) is 18.1 Å². The molecule has 2 rings (SSSR count). The molecule has 0 spiro atoms. The first-order chi connectivity index (χ1) is 7.59. The van der Waals surface area contributed by atoms with Gasteiger partial charge in [0.05, 0.1) is 6.20 Å². The van der Waals surface area contributed by atoms with Crippen LogP contribution in [0.5, 0.6) is 0 Å². The molecular weight excluding hydrogens is 242 g/mol. The largest absolute Gasteiger partial charge is 0.476 e. The highest BCUT2D eigenvalue weighted by Crippen LogP contribution is 2.17. The van der Waals surface area contributed by atoms with E-state index in [1.54, 1.807) is 0 Å². The number of carboxylic acids is 1. The van der Waals surface area contributed by atoms with Crippen LogP contribution in [0.25, 0.3) is 11.4 Å². The average Bonchev–Trinajstić information content (AvgIpc) is 2.61. The Morgan fingerprint density at radius 1 is 1.35 bits per heavy atom. The van der Waals surface area contributed by atoms with Gasteiger partial charge in [-0.05, 0) is 6.92 Å². The molecule has 3 N–H and O–H groups in total. The molecule has 1 heterocycles. The molecule has 6 heteroatoms. The Bertz CT molecular complexity index is 534. The second kappa shape index (κ2) is 4.88. The van der Waals surface area contributed by atoms with Crippen LogP contribution in [0.1, 0.15) is 16.1 Å². The third-order valence-electron chi connectivity index (χ3n) is 2.33. The monoisotopic (exact) mass is 253 g/mol. The van der Waals surface area contributed by atoms with E-state index in [1.165, 1.54) is 6.20 Å². The zero-order chi connectivity index (χ0) is 11.7. The second-order valence-electron chi connectivity index (χ2n) is 3.51. The van der Waals surface area contributed by atoms with Crippen molar-refractivity contribution >= 4 is 18.4 Å². The summed E-state index contributed by atoms with van der Waals surface area (Å²) in [6.45, 7) is 1.97. The zero-order valence-corrected chi connectivity index (χ0v) is 9.94. The van der Waals surface area contributed by atoms with E-state index in [0.717, 1.165) is 15.8 Å². The molecule has 0 saturated heterocycles. The second-order valence-corrected chi connectivity index (χ2v) is 3.51. The Morgan fingerprint density at radius 2 is 1.94 bits per heavy atom. The van der Waals surface area contributed by atoms with Crippen LogP contribution >= 0.6 is 12.4 Å². The summed E-state index contributed by atoms with van der Waals surface area (Å²) >= 11 is 0. The van der Waals surface area contributed by atoms with Gasteiger partial charge in [-0.3, -0.25) is 0 Å². The predicted octanol–water partition coefficient (Wildman–Crippen LogP) is 1.69. The predicted molar refractivity (Wildman–Crippen MR) is 66.8 cm³/mol. The fourth-order valence-corrected chi connectivity index (χ4v) is 1.44. The van der Waals surface area contributed by atoms with Crippen molar-refractivity contribution in [3.05, 3.63) is 41.7 Å². The van der Waals surface area contributed by atoms with E-state index in [4.69, 9.17) is 10.9 Å². The number of hydrogen-bond donors (Lipinski definition) is 2. The highest BCUT2D eigenvalue weighted by atomic mass is 35.5. The summed E-state index contributed by atoms with van der Waals surface area (Å²) in [5.74, 6) is 5.00. The van der Waals surface area contributed by atoms with Crippen LogP contribution in [0.15, 0.2) is 30.5 Å². The topological polar surface area (TPSA) is 81.1 Å². The molecule has 0 atom stereocenters. The number of imidazole rings is 1. The van der Waals surface area contributed by atoms with Crippen molar-refractivity contribution in [1.82, 2.24) is 9.66 Å². The summed E-state index contributed by atoms with van der Waals surface area (Å²) in [5.41, 5.74) is 1.88. The van der Waals surface area contributed by atoms with Gasteiger partial charge in [0, 0.05) is 5.56 Å². The lowest BCUT2D eigenvalue weighted by molar-refractivity contribution is 0.0687. The number of carboxylic acid groups (broad SMARTS) is 1. The number of aromatic nitrogens is 2. The van der Waals surface area contributed by atoms with Gasteiger partial charge in [0.1, 0.15) is 0 Å². The molecule has 0 aliphatic heterocycles. The molecule has 0 unspecified atom stereocenters. The third-order valence-corrected chi connectivity index (χ3v) is 2.33. The zero-order valence-electron chi connectivity index (χ0n) is 9.12. The van der Waals surface area contributed by atoms with E-state index in [0.29, 0.717) is 5.82 Å². The Morgan fingerprint density at radius 3 is 2.41 bits per heavy atom. The minimum Gasteiger partial charge on any atom is -0.476 e. The van der Waals surface area contributed by atoms with E-state index in [9.17, 15) is 4.79 Å². The van der Waals surface area contributed by atoms with E-state index in [2.05, 4.69) is 4.98 Å². The molecule has 2 aromatic rings. The molecule has 0 amide bonds. The first kappa shape index (κ1) is 13.1. The van der Waals surface area contributed by atoms with Gasteiger partial charge in [0.15, 0.2) is 11.5 Å². The van der Waals surface area contributed by atoms with Crippen molar-refractivity contribution in [2.75, 3.05) is 5.84 Å². The lowest BCUT2D eigenvalue weighted by Crippen LogP contribution is -2.17. The fraction of sp³-hybridized carbons (Fsp3) is 0.0909. The molecule has 0 aliphatic carbocycles. The van der Waals surface area contributed by atoms with Crippen LogP contribution < -0.4 is 5.84 Å². The maximum absolute atomic E-state index is 10.8. The highest BCUT2D eigenvalue weighted by Gasteiger charge is 2.14. The number of nitrogens with two attached hydrogens (primary N) is 1. The maximum atomic E-state index is 10.8.